The lowest BCUT2D eigenvalue weighted by Crippen LogP contribution is -2.50. The number of carbonyl (C=O) groups is 1. The van der Waals surface area contributed by atoms with Crippen LogP contribution < -0.4 is 5.32 Å². The predicted molar refractivity (Wildman–Crippen MR) is 99.8 cm³/mol. The van der Waals surface area contributed by atoms with Gasteiger partial charge < -0.3 is 10.1 Å². The Bertz CT molecular complexity index is 611. The van der Waals surface area contributed by atoms with Gasteiger partial charge in [0.1, 0.15) is 0 Å². The van der Waals surface area contributed by atoms with E-state index in [1.807, 2.05) is 0 Å². The molecule has 3 nitrogen and oxygen atoms in total. The summed E-state index contributed by atoms with van der Waals surface area (Å²) in [7, 11) is 1.39. The molecule has 4 fully saturated rings. The summed E-state index contributed by atoms with van der Waals surface area (Å²) in [5.41, 5.74) is 2.92. The van der Waals surface area contributed by atoms with E-state index in [0.29, 0.717) is 5.41 Å². The van der Waals surface area contributed by atoms with E-state index in [1.165, 1.54) is 63.8 Å². The quantitative estimate of drug-likeness (QED) is 0.624. The first-order valence-electron chi connectivity index (χ1n) is 9.70. The first kappa shape index (κ1) is 16.8. The zero-order valence-corrected chi connectivity index (χ0v) is 15.2. The maximum Gasteiger partial charge on any atom is 0.330 e. The number of rotatable bonds is 6. The molecule has 134 valence electrons. The van der Waals surface area contributed by atoms with Crippen LogP contribution in [-0.4, -0.2) is 19.6 Å². The number of hydrogen-bond donors (Lipinski definition) is 1. The van der Waals surface area contributed by atoms with Crippen LogP contribution in [0.2, 0.25) is 0 Å². The zero-order chi connectivity index (χ0) is 17.3. The second-order valence-corrected chi connectivity index (χ2v) is 8.62. The summed E-state index contributed by atoms with van der Waals surface area (Å²) in [6.07, 6.45) is 12.2. The highest BCUT2D eigenvalue weighted by atomic mass is 16.5. The molecule has 5 rings (SSSR count). The topological polar surface area (TPSA) is 38.3 Å². The lowest BCUT2D eigenvalue weighted by molar-refractivity contribution is -0.134. The van der Waals surface area contributed by atoms with Crippen molar-refractivity contribution in [2.24, 2.45) is 23.2 Å². The highest BCUT2D eigenvalue weighted by Gasteiger charge is 2.50. The van der Waals surface area contributed by atoms with Crippen LogP contribution in [0.5, 0.6) is 0 Å². The lowest BCUT2D eigenvalue weighted by Gasteiger charge is -2.57. The van der Waals surface area contributed by atoms with Crippen molar-refractivity contribution in [2.75, 3.05) is 13.7 Å². The number of methoxy groups -OCH3 is 1. The van der Waals surface area contributed by atoms with E-state index in [9.17, 15) is 4.79 Å². The highest BCUT2D eigenvalue weighted by molar-refractivity contribution is 5.86. The van der Waals surface area contributed by atoms with E-state index < -0.39 is 0 Å². The van der Waals surface area contributed by atoms with E-state index in [0.717, 1.165) is 29.9 Å². The summed E-state index contributed by atoms with van der Waals surface area (Å²) in [6.45, 7) is 2.11. The fourth-order valence-electron chi connectivity index (χ4n) is 5.96. The maximum absolute atomic E-state index is 11.1. The monoisotopic (exact) mass is 339 g/mol. The van der Waals surface area contributed by atoms with Crippen LogP contribution in [0, 0.1) is 23.2 Å². The smallest absolute Gasteiger partial charge is 0.330 e. The molecule has 0 aromatic heterocycles. The first-order chi connectivity index (χ1) is 12.1. The molecule has 1 aromatic rings. The molecule has 0 saturated heterocycles. The van der Waals surface area contributed by atoms with Gasteiger partial charge >= 0.3 is 5.97 Å². The Balaban J connectivity index is 1.29. The third-order valence-electron chi connectivity index (χ3n) is 6.59. The summed E-state index contributed by atoms with van der Waals surface area (Å²) < 4.78 is 4.61. The summed E-state index contributed by atoms with van der Waals surface area (Å²) >= 11 is 0. The SMILES string of the molecule is COC(=O)C=Cc1ccc(CNCC23CC4CC(CC(C4)C2)C3)cc1. The molecule has 3 heteroatoms. The Morgan fingerprint density at radius 3 is 2.28 bits per heavy atom. The third kappa shape index (κ3) is 3.82. The molecule has 4 aliphatic carbocycles. The molecule has 0 aliphatic heterocycles. The molecule has 25 heavy (non-hydrogen) atoms. The molecular formula is C22H29NO2. The summed E-state index contributed by atoms with van der Waals surface area (Å²) in [5.74, 6) is 2.75. The van der Waals surface area contributed by atoms with Crippen LogP contribution in [0.25, 0.3) is 6.08 Å². The van der Waals surface area contributed by atoms with Gasteiger partial charge in [0.15, 0.2) is 0 Å². The van der Waals surface area contributed by atoms with Gasteiger partial charge in [0.05, 0.1) is 7.11 Å². The number of nitrogens with one attached hydrogen (secondary N) is 1. The molecule has 0 spiro atoms. The van der Waals surface area contributed by atoms with Crippen LogP contribution >= 0.6 is 0 Å². The van der Waals surface area contributed by atoms with Gasteiger partial charge in [0.2, 0.25) is 0 Å². The van der Waals surface area contributed by atoms with Crippen LogP contribution in [-0.2, 0) is 16.1 Å². The Hall–Kier alpha value is -1.61. The first-order valence-corrected chi connectivity index (χ1v) is 9.70. The van der Waals surface area contributed by atoms with Crippen molar-refractivity contribution < 1.29 is 9.53 Å². The molecule has 0 atom stereocenters. The van der Waals surface area contributed by atoms with Gasteiger partial charge in [-0.15, -0.1) is 0 Å². The predicted octanol–water partition coefficient (Wildman–Crippen LogP) is 4.18. The van der Waals surface area contributed by atoms with Gasteiger partial charge in [-0.25, -0.2) is 4.79 Å². The van der Waals surface area contributed by atoms with Gasteiger partial charge in [0, 0.05) is 19.2 Å². The minimum Gasteiger partial charge on any atom is -0.466 e. The molecule has 4 aliphatic rings. The van der Waals surface area contributed by atoms with Gasteiger partial charge in [0.25, 0.3) is 0 Å². The van der Waals surface area contributed by atoms with E-state index in [2.05, 4.69) is 34.3 Å². The zero-order valence-electron chi connectivity index (χ0n) is 15.2. The Morgan fingerprint density at radius 1 is 1.12 bits per heavy atom. The highest BCUT2D eigenvalue weighted by Crippen LogP contribution is 2.59. The van der Waals surface area contributed by atoms with Crippen molar-refractivity contribution in [1.82, 2.24) is 5.32 Å². The van der Waals surface area contributed by atoms with Crippen LogP contribution in [0.1, 0.15) is 49.7 Å². The van der Waals surface area contributed by atoms with Gasteiger partial charge in [-0.2, -0.15) is 0 Å². The van der Waals surface area contributed by atoms with Crippen molar-refractivity contribution >= 4 is 12.0 Å². The fraction of sp³-hybridized carbons (Fsp3) is 0.591. The standard InChI is InChI=1S/C22H29NO2/c1-25-21(24)7-6-16-2-4-17(5-3-16)14-23-15-22-11-18-8-19(12-22)10-20(9-18)13-22/h2-7,18-20,23H,8-15H2,1H3. The molecule has 4 saturated carbocycles. The van der Waals surface area contributed by atoms with Gasteiger partial charge in [-0.3, -0.25) is 0 Å². The molecule has 0 heterocycles. The Labute approximate surface area is 150 Å². The van der Waals surface area contributed by atoms with Crippen LogP contribution in [0.3, 0.4) is 0 Å². The molecule has 0 amide bonds. The second kappa shape index (κ2) is 6.95. The van der Waals surface area contributed by atoms with Gasteiger partial charge in [-0.1, -0.05) is 24.3 Å². The average Bonchev–Trinajstić information content (AvgIpc) is 2.59. The van der Waals surface area contributed by atoms with Crippen molar-refractivity contribution in [2.45, 2.75) is 45.1 Å². The third-order valence-corrected chi connectivity index (χ3v) is 6.59. The molecule has 0 radical (unpaired) electrons. The Morgan fingerprint density at radius 2 is 1.72 bits per heavy atom. The van der Waals surface area contributed by atoms with E-state index in [1.54, 1.807) is 6.08 Å². The van der Waals surface area contributed by atoms with Crippen molar-refractivity contribution in [1.29, 1.82) is 0 Å². The largest absolute Gasteiger partial charge is 0.466 e. The average molecular weight is 339 g/mol. The lowest BCUT2D eigenvalue weighted by atomic mass is 9.49. The normalized spacial score (nSPS) is 33.1. The van der Waals surface area contributed by atoms with E-state index in [-0.39, 0.29) is 5.97 Å². The van der Waals surface area contributed by atoms with Crippen molar-refractivity contribution in [3.05, 3.63) is 41.5 Å². The van der Waals surface area contributed by atoms with Crippen LogP contribution in [0.4, 0.5) is 0 Å². The summed E-state index contributed by atoms with van der Waals surface area (Å²) in [6, 6.07) is 8.40. The summed E-state index contributed by atoms with van der Waals surface area (Å²) in [4.78, 5) is 11.1. The minimum atomic E-state index is -0.318. The Kier molecular flexibility index (Phi) is 4.68. The fourth-order valence-corrected chi connectivity index (χ4v) is 5.96. The second-order valence-electron chi connectivity index (χ2n) is 8.62. The van der Waals surface area contributed by atoms with E-state index >= 15 is 0 Å². The molecular weight excluding hydrogens is 310 g/mol. The number of hydrogen-bond acceptors (Lipinski definition) is 3. The number of carbonyl (C=O) groups excluding carboxylic acids is 1. The van der Waals surface area contributed by atoms with E-state index in [4.69, 9.17) is 0 Å². The number of esters is 1. The maximum atomic E-state index is 11.1. The number of ether oxygens (including phenoxy) is 1. The van der Waals surface area contributed by atoms with Gasteiger partial charge in [-0.05, 0) is 78.9 Å². The van der Waals surface area contributed by atoms with Crippen molar-refractivity contribution in [3.8, 4) is 0 Å². The minimum absolute atomic E-state index is 0.318. The molecule has 1 N–H and O–H groups in total. The molecule has 0 unspecified atom stereocenters. The number of benzene rings is 1. The summed E-state index contributed by atoms with van der Waals surface area (Å²) in [5, 5.41) is 3.75. The molecule has 4 bridgehead atoms. The van der Waals surface area contributed by atoms with Crippen LogP contribution in [0.15, 0.2) is 30.3 Å². The van der Waals surface area contributed by atoms with Crippen molar-refractivity contribution in [3.63, 3.8) is 0 Å². The molecule has 1 aromatic carbocycles.